The van der Waals surface area contributed by atoms with Crippen molar-refractivity contribution in [3.8, 4) is 0 Å². The number of carbonyl (C=O) groups excluding carboxylic acids is 1. The second-order valence-electron chi connectivity index (χ2n) is 5.54. The van der Waals surface area contributed by atoms with Crippen molar-refractivity contribution in [2.24, 2.45) is 0 Å². The zero-order valence-corrected chi connectivity index (χ0v) is 15.1. The van der Waals surface area contributed by atoms with Gasteiger partial charge in [0.25, 0.3) is 5.91 Å². The molecule has 6 nitrogen and oxygen atoms in total. The lowest BCUT2D eigenvalue weighted by Gasteiger charge is -2.10. The first-order valence-corrected chi connectivity index (χ1v) is 9.38. The van der Waals surface area contributed by atoms with E-state index in [-0.39, 0.29) is 22.9 Å². The number of nitrogens with one attached hydrogen (secondary N) is 2. The topological polar surface area (TPSA) is 84.5 Å². The van der Waals surface area contributed by atoms with E-state index in [9.17, 15) is 13.2 Å². The fourth-order valence-corrected chi connectivity index (χ4v) is 3.34. The molecule has 0 heterocycles. The summed E-state index contributed by atoms with van der Waals surface area (Å²) in [5.74, 6) is -0.356. The number of methoxy groups -OCH3 is 1. The number of rotatable bonds is 8. The van der Waals surface area contributed by atoms with Crippen molar-refractivity contribution in [1.29, 1.82) is 0 Å². The van der Waals surface area contributed by atoms with E-state index in [1.54, 1.807) is 25.3 Å². The molecule has 7 heteroatoms. The first-order valence-electron chi connectivity index (χ1n) is 7.89. The van der Waals surface area contributed by atoms with Crippen LogP contribution >= 0.6 is 0 Å². The van der Waals surface area contributed by atoms with Gasteiger partial charge < -0.3 is 10.1 Å². The number of hydrogen-bond donors (Lipinski definition) is 2. The van der Waals surface area contributed by atoms with Crippen LogP contribution in [0.3, 0.4) is 0 Å². The molecule has 134 valence electrons. The Morgan fingerprint density at radius 1 is 1.12 bits per heavy atom. The van der Waals surface area contributed by atoms with Crippen molar-refractivity contribution in [3.05, 3.63) is 59.7 Å². The normalized spacial score (nSPS) is 11.3. The summed E-state index contributed by atoms with van der Waals surface area (Å²) in [6.45, 7) is 2.64. The van der Waals surface area contributed by atoms with Crippen LogP contribution in [0.1, 0.15) is 22.3 Å². The molecular weight excluding hydrogens is 340 g/mol. The highest BCUT2D eigenvalue weighted by molar-refractivity contribution is 7.89. The third-order valence-electron chi connectivity index (χ3n) is 3.62. The molecule has 0 aliphatic heterocycles. The molecule has 0 atom stereocenters. The lowest BCUT2D eigenvalue weighted by molar-refractivity contribution is 0.102. The Labute approximate surface area is 148 Å². The number of carbonyl (C=O) groups is 1. The van der Waals surface area contributed by atoms with Crippen LogP contribution in [0.15, 0.2) is 53.4 Å². The highest BCUT2D eigenvalue weighted by Crippen LogP contribution is 2.16. The van der Waals surface area contributed by atoms with E-state index in [0.29, 0.717) is 18.7 Å². The van der Waals surface area contributed by atoms with Gasteiger partial charge >= 0.3 is 0 Å². The third-order valence-corrected chi connectivity index (χ3v) is 5.08. The summed E-state index contributed by atoms with van der Waals surface area (Å²) in [6, 6.07) is 13.4. The molecule has 0 fully saturated rings. The van der Waals surface area contributed by atoms with Gasteiger partial charge in [-0.2, -0.15) is 0 Å². The van der Waals surface area contributed by atoms with Crippen molar-refractivity contribution >= 4 is 21.6 Å². The predicted molar refractivity (Wildman–Crippen MR) is 97.3 cm³/mol. The SMILES string of the molecule is COCCCNS(=O)(=O)c1cccc(C(=O)Nc2ccccc2C)c1. The number of hydrogen-bond acceptors (Lipinski definition) is 4. The van der Waals surface area contributed by atoms with Gasteiger partial charge in [0.15, 0.2) is 0 Å². The molecule has 0 radical (unpaired) electrons. The number of amides is 1. The van der Waals surface area contributed by atoms with Gasteiger partial charge in [0.1, 0.15) is 0 Å². The highest BCUT2D eigenvalue weighted by atomic mass is 32.2. The minimum Gasteiger partial charge on any atom is -0.385 e. The number of benzene rings is 2. The molecule has 2 N–H and O–H groups in total. The Balaban J connectivity index is 2.12. The molecule has 2 aromatic carbocycles. The summed E-state index contributed by atoms with van der Waals surface area (Å²) in [5.41, 5.74) is 1.90. The molecule has 25 heavy (non-hydrogen) atoms. The third kappa shape index (κ3) is 5.38. The summed E-state index contributed by atoms with van der Waals surface area (Å²) in [7, 11) is -2.10. The molecule has 0 spiro atoms. The second kappa shape index (κ2) is 8.75. The van der Waals surface area contributed by atoms with Crippen LogP contribution in [-0.2, 0) is 14.8 Å². The Morgan fingerprint density at radius 2 is 1.88 bits per heavy atom. The molecule has 0 aromatic heterocycles. The van der Waals surface area contributed by atoms with Gasteiger partial charge in [-0.15, -0.1) is 0 Å². The smallest absolute Gasteiger partial charge is 0.255 e. The summed E-state index contributed by atoms with van der Waals surface area (Å²) >= 11 is 0. The van der Waals surface area contributed by atoms with Gasteiger partial charge in [0.05, 0.1) is 4.90 Å². The maximum absolute atomic E-state index is 12.4. The number of para-hydroxylation sites is 1. The van der Waals surface area contributed by atoms with E-state index in [1.165, 1.54) is 12.1 Å². The van der Waals surface area contributed by atoms with E-state index in [4.69, 9.17) is 4.74 Å². The lowest BCUT2D eigenvalue weighted by atomic mass is 10.1. The average molecular weight is 362 g/mol. The maximum atomic E-state index is 12.4. The van der Waals surface area contributed by atoms with Crippen molar-refractivity contribution in [3.63, 3.8) is 0 Å². The standard InChI is InChI=1S/C18H22N2O4S/c1-14-7-3-4-10-17(14)20-18(21)15-8-5-9-16(13-15)25(22,23)19-11-6-12-24-2/h3-5,7-10,13,19H,6,11-12H2,1-2H3,(H,20,21). The maximum Gasteiger partial charge on any atom is 0.255 e. The molecule has 0 bridgehead atoms. The van der Waals surface area contributed by atoms with Gasteiger partial charge in [-0.05, 0) is 43.2 Å². The highest BCUT2D eigenvalue weighted by Gasteiger charge is 2.16. The Bertz CT molecular complexity index is 834. The molecule has 0 aliphatic rings. The summed E-state index contributed by atoms with van der Waals surface area (Å²) in [5, 5.41) is 2.79. The first-order chi connectivity index (χ1) is 11.9. The van der Waals surface area contributed by atoms with Gasteiger partial charge in [-0.1, -0.05) is 24.3 Å². The van der Waals surface area contributed by atoms with Crippen LogP contribution in [0.5, 0.6) is 0 Å². The van der Waals surface area contributed by atoms with Crippen molar-refractivity contribution in [2.45, 2.75) is 18.2 Å². The number of sulfonamides is 1. The van der Waals surface area contributed by atoms with E-state index < -0.39 is 10.0 Å². The summed E-state index contributed by atoms with van der Waals surface area (Å²) in [4.78, 5) is 12.5. The Kier molecular flexibility index (Phi) is 6.69. The van der Waals surface area contributed by atoms with Crippen molar-refractivity contribution in [1.82, 2.24) is 4.72 Å². The predicted octanol–water partition coefficient (Wildman–Crippen LogP) is 2.56. The molecule has 2 rings (SSSR count). The van der Waals surface area contributed by atoms with E-state index in [0.717, 1.165) is 5.56 Å². The van der Waals surface area contributed by atoms with Gasteiger partial charge in [0, 0.05) is 31.5 Å². The summed E-state index contributed by atoms with van der Waals surface area (Å²) < 4.78 is 32.0. The Morgan fingerprint density at radius 3 is 2.60 bits per heavy atom. The van der Waals surface area contributed by atoms with Gasteiger partial charge in [-0.25, -0.2) is 13.1 Å². The van der Waals surface area contributed by atoms with Crippen molar-refractivity contribution in [2.75, 3.05) is 25.6 Å². The van der Waals surface area contributed by atoms with E-state index in [2.05, 4.69) is 10.0 Å². The molecule has 0 saturated carbocycles. The first kappa shape index (κ1) is 19.1. The van der Waals surface area contributed by atoms with Crippen molar-refractivity contribution < 1.29 is 17.9 Å². The van der Waals surface area contributed by atoms with Crippen LogP contribution in [-0.4, -0.2) is 34.6 Å². The van der Waals surface area contributed by atoms with Crippen LogP contribution in [0.25, 0.3) is 0 Å². The van der Waals surface area contributed by atoms with Crippen LogP contribution in [0.4, 0.5) is 5.69 Å². The van der Waals surface area contributed by atoms with Crippen LogP contribution in [0, 0.1) is 6.92 Å². The molecule has 0 unspecified atom stereocenters. The molecule has 0 aliphatic carbocycles. The minimum absolute atomic E-state index is 0.0577. The number of aryl methyl sites for hydroxylation is 1. The van der Waals surface area contributed by atoms with E-state index >= 15 is 0 Å². The zero-order valence-electron chi connectivity index (χ0n) is 14.3. The molecule has 2 aromatic rings. The zero-order chi connectivity index (χ0) is 18.3. The average Bonchev–Trinajstić information content (AvgIpc) is 2.61. The second-order valence-corrected chi connectivity index (χ2v) is 7.31. The lowest BCUT2D eigenvalue weighted by Crippen LogP contribution is -2.26. The fourth-order valence-electron chi connectivity index (χ4n) is 2.22. The number of ether oxygens (including phenoxy) is 1. The quantitative estimate of drug-likeness (QED) is 0.707. The van der Waals surface area contributed by atoms with Gasteiger partial charge in [0.2, 0.25) is 10.0 Å². The largest absolute Gasteiger partial charge is 0.385 e. The molecular formula is C18H22N2O4S. The van der Waals surface area contributed by atoms with E-state index in [1.807, 2.05) is 25.1 Å². The van der Waals surface area contributed by atoms with Gasteiger partial charge in [-0.3, -0.25) is 4.79 Å². The summed E-state index contributed by atoms with van der Waals surface area (Å²) in [6.07, 6.45) is 0.573. The van der Waals surface area contributed by atoms with Crippen LogP contribution < -0.4 is 10.0 Å². The minimum atomic E-state index is -3.66. The Hall–Kier alpha value is -2.22. The molecule has 1 amide bonds. The monoisotopic (exact) mass is 362 g/mol. The fraction of sp³-hybridized carbons (Fsp3) is 0.278. The number of anilines is 1. The molecule has 0 saturated heterocycles. The van der Waals surface area contributed by atoms with Crippen LogP contribution in [0.2, 0.25) is 0 Å².